The molecule has 0 aliphatic carbocycles. The molecule has 0 unspecified atom stereocenters. The van der Waals surface area contributed by atoms with Crippen LogP contribution in [0.5, 0.6) is 0 Å². The molecule has 142 valence electrons. The van der Waals surface area contributed by atoms with Crippen molar-refractivity contribution < 1.29 is 0 Å². The molecule has 9 nitrogen and oxygen atoms in total. The van der Waals surface area contributed by atoms with Crippen LogP contribution in [0.3, 0.4) is 0 Å². The zero-order valence-electron chi connectivity index (χ0n) is 15.7. The van der Waals surface area contributed by atoms with Crippen LogP contribution in [0.1, 0.15) is 18.7 Å². The van der Waals surface area contributed by atoms with Crippen molar-refractivity contribution in [1.82, 2.24) is 44.5 Å². The number of likely N-dealkylation sites (tertiary alicyclic amines) is 1. The van der Waals surface area contributed by atoms with Crippen LogP contribution in [0.4, 0.5) is 0 Å². The number of aromatic nitrogens is 8. The van der Waals surface area contributed by atoms with Crippen LogP contribution < -0.4 is 0 Å². The van der Waals surface area contributed by atoms with Gasteiger partial charge in [-0.1, -0.05) is 6.07 Å². The zero-order valence-corrected chi connectivity index (χ0v) is 15.7. The molecule has 5 heterocycles. The predicted octanol–water partition coefficient (Wildman–Crippen LogP) is 1.65. The quantitative estimate of drug-likeness (QED) is 0.536. The van der Waals surface area contributed by atoms with Crippen molar-refractivity contribution in [2.24, 2.45) is 5.92 Å². The standard InChI is InChI=1S/C19H21N9/c1-26-10-7-14(8-11-26)12-16-22-19(15-4-2-3-9-20-15)28(24-16)18-6-5-17-23-21-13-27(17)25-18/h2-6,9,13-14H,7-8,10-12H2,1H3. The van der Waals surface area contributed by atoms with Crippen molar-refractivity contribution in [2.75, 3.05) is 20.1 Å². The lowest BCUT2D eigenvalue weighted by Crippen LogP contribution is -2.31. The van der Waals surface area contributed by atoms with Gasteiger partial charge in [-0.2, -0.15) is 9.20 Å². The summed E-state index contributed by atoms with van der Waals surface area (Å²) >= 11 is 0. The normalized spacial score (nSPS) is 16.0. The fourth-order valence-electron chi connectivity index (χ4n) is 3.62. The number of pyridine rings is 1. The lowest BCUT2D eigenvalue weighted by molar-refractivity contribution is 0.217. The molecule has 9 heteroatoms. The average molecular weight is 375 g/mol. The summed E-state index contributed by atoms with van der Waals surface area (Å²) in [5.74, 6) is 2.80. The van der Waals surface area contributed by atoms with Gasteiger partial charge in [-0.05, 0) is 63.2 Å². The number of hydrogen-bond donors (Lipinski definition) is 0. The van der Waals surface area contributed by atoms with Gasteiger partial charge in [-0.15, -0.1) is 20.4 Å². The third-order valence-corrected chi connectivity index (χ3v) is 5.22. The van der Waals surface area contributed by atoms with E-state index >= 15 is 0 Å². The highest BCUT2D eigenvalue weighted by Crippen LogP contribution is 2.23. The number of hydrogen-bond acceptors (Lipinski definition) is 7. The van der Waals surface area contributed by atoms with Gasteiger partial charge in [0, 0.05) is 12.6 Å². The Kier molecular flexibility index (Phi) is 4.28. The van der Waals surface area contributed by atoms with Gasteiger partial charge in [0.1, 0.15) is 12.0 Å². The highest BCUT2D eigenvalue weighted by molar-refractivity contribution is 5.52. The second kappa shape index (κ2) is 7.08. The van der Waals surface area contributed by atoms with Crippen molar-refractivity contribution in [3.05, 3.63) is 48.7 Å². The Morgan fingerprint density at radius 3 is 2.79 bits per heavy atom. The fourth-order valence-corrected chi connectivity index (χ4v) is 3.62. The summed E-state index contributed by atoms with van der Waals surface area (Å²) < 4.78 is 3.40. The number of fused-ring (bicyclic) bond motifs is 1. The Hall–Kier alpha value is -3.20. The highest BCUT2D eigenvalue weighted by atomic mass is 15.4. The predicted molar refractivity (Wildman–Crippen MR) is 103 cm³/mol. The van der Waals surface area contributed by atoms with E-state index in [9.17, 15) is 0 Å². The molecule has 0 bridgehead atoms. The van der Waals surface area contributed by atoms with Gasteiger partial charge in [0.2, 0.25) is 0 Å². The van der Waals surface area contributed by atoms with Crippen LogP contribution in [-0.4, -0.2) is 64.6 Å². The minimum absolute atomic E-state index is 0.608. The van der Waals surface area contributed by atoms with Crippen molar-refractivity contribution in [3.63, 3.8) is 0 Å². The van der Waals surface area contributed by atoms with Crippen molar-refractivity contribution in [1.29, 1.82) is 0 Å². The molecule has 0 amide bonds. The SMILES string of the molecule is CN1CCC(Cc2nc(-c3ccccn3)n(-c3ccc4nncn4n3)n2)CC1. The molecule has 1 fully saturated rings. The second-order valence-corrected chi connectivity index (χ2v) is 7.25. The second-order valence-electron chi connectivity index (χ2n) is 7.25. The Bertz CT molecular complexity index is 1080. The van der Waals surface area contributed by atoms with Crippen LogP contribution in [0.25, 0.3) is 23.0 Å². The molecule has 1 aliphatic heterocycles. The van der Waals surface area contributed by atoms with E-state index in [0.717, 1.165) is 31.0 Å². The maximum Gasteiger partial charge on any atom is 0.183 e. The Labute approximate surface area is 162 Å². The first kappa shape index (κ1) is 16.9. The molecule has 1 saturated heterocycles. The highest BCUT2D eigenvalue weighted by Gasteiger charge is 2.22. The van der Waals surface area contributed by atoms with E-state index in [1.54, 1.807) is 21.7 Å². The van der Waals surface area contributed by atoms with Gasteiger partial charge in [-0.3, -0.25) is 4.98 Å². The number of piperidine rings is 1. The fraction of sp³-hybridized carbons (Fsp3) is 0.368. The molecule has 28 heavy (non-hydrogen) atoms. The third kappa shape index (κ3) is 3.24. The Morgan fingerprint density at radius 1 is 1.07 bits per heavy atom. The molecular weight excluding hydrogens is 354 g/mol. The van der Waals surface area contributed by atoms with Gasteiger partial charge in [0.15, 0.2) is 23.1 Å². The molecule has 1 aliphatic rings. The Morgan fingerprint density at radius 2 is 1.96 bits per heavy atom. The maximum atomic E-state index is 4.83. The van der Waals surface area contributed by atoms with Gasteiger partial charge >= 0.3 is 0 Å². The van der Waals surface area contributed by atoms with Crippen molar-refractivity contribution in [2.45, 2.75) is 19.3 Å². The molecule has 5 rings (SSSR count). The first-order valence-electron chi connectivity index (χ1n) is 9.49. The summed E-state index contributed by atoms with van der Waals surface area (Å²) in [4.78, 5) is 11.7. The van der Waals surface area contributed by atoms with E-state index in [4.69, 9.17) is 10.1 Å². The lowest BCUT2D eigenvalue weighted by atomic mass is 9.94. The molecule has 0 spiro atoms. The van der Waals surface area contributed by atoms with Crippen LogP contribution >= 0.6 is 0 Å². The lowest BCUT2D eigenvalue weighted by Gasteiger charge is -2.28. The van der Waals surface area contributed by atoms with Crippen LogP contribution in [0, 0.1) is 5.92 Å². The molecule has 0 saturated carbocycles. The number of nitrogens with zero attached hydrogens (tertiary/aromatic N) is 9. The van der Waals surface area contributed by atoms with Crippen LogP contribution in [0.2, 0.25) is 0 Å². The Balaban J connectivity index is 1.53. The smallest absolute Gasteiger partial charge is 0.183 e. The molecule has 0 N–H and O–H groups in total. The third-order valence-electron chi connectivity index (χ3n) is 5.22. The van der Waals surface area contributed by atoms with Gasteiger partial charge < -0.3 is 4.90 Å². The average Bonchev–Trinajstić information content (AvgIpc) is 3.37. The first-order chi connectivity index (χ1) is 13.8. The summed E-state index contributed by atoms with van der Waals surface area (Å²) in [7, 11) is 2.18. The number of rotatable bonds is 4. The topological polar surface area (TPSA) is 89.9 Å². The van der Waals surface area contributed by atoms with E-state index in [2.05, 4.69) is 32.2 Å². The molecule has 4 aromatic heterocycles. The van der Waals surface area contributed by atoms with Gasteiger partial charge in [-0.25, -0.2) is 4.98 Å². The van der Waals surface area contributed by atoms with Crippen LogP contribution in [-0.2, 0) is 6.42 Å². The van der Waals surface area contributed by atoms with E-state index in [0.29, 0.717) is 23.2 Å². The molecule has 0 aromatic carbocycles. The van der Waals surface area contributed by atoms with Gasteiger partial charge in [0.05, 0.1) is 0 Å². The van der Waals surface area contributed by atoms with E-state index in [1.165, 1.54) is 12.8 Å². The maximum absolute atomic E-state index is 4.83. The van der Waals surface area contributed by atoms with E-state index in [1.807, 2.05) is 30.3 Å². The molecule has 4 aromatic rings. The monoisotopic (exact) mass is 375 g/mol. The summed E-state index contributed by atoms with van der Waals surface area (Å²) in [5.41, 5.74) is 1.46. The summed E-state index contributed by atoms with van der Waals surface area (Å²) in [6, 6.07) is 9.54. The minimum atomic E-state index is 0.608. The van der Waals surface area contributed by atoms with E-state index in [-0.39, 0.29) is 0 Å². The van der Waals surface area contributed by atoms with Crippen LogP contribution in [0.15, 0.2) is 42.9 Å². The molecule has 0 radical (unpaired) electrons. The van der Waals surface area contributed by atoms with Crippen molar-refractivity contribution in [3.8, 4) is 17.3 Å². The van der Waals surface area contributed by atoms with E-state index < -0.39 is 0 Å². The molecule has 0 atom stereocenters. The largest absolute Gasteiger partial charge is 0.306 e. The molecular formula is C19H21N9. The first-order valence-corrected chi connectivity index (χ1v) is 9.49. The minimum Gasteiger partial charge on any atom is -0.306 e. The summed E-state index contributed by atoms with van der Waals surface area (Å²) in [6.45, 7) is 2.26. The summed E-state index contributed by atoms with van der Waals surface area (Å²) in [5, 5.41) is 17.3. The zero-order chi connectivity index (χ0) is 18.9. The van der Waals surface area contributed by atoms with Crippen molar-refractivity contribution >= 4 is 5.65 Å². The van der Waals surface area contributed by atoms with Gasteiger partial charge in [0.25, 0.3) is 0 Å². The summed E-state index contributed by atoms with van der Waals surface area (Å²) in [6.07, 6.45) is 6.57.